The molecule has 1 fully saturated rings. The van der Waals surface area contributed by atoms with E-state index in [0.717, 1.165) is 5.56 Å². The first-order chi connectivity index (χ1) is 7.77. The molecular weight excluding hydrogens is 204 g/mol. The predicted molar refractivity (Wildman–Crippen MR) is 62.2 cm³/mol. The average Bonchev–Trinajstić information content (AvgIpc) is 3.11. The summed E-state index contributed by atoms with van der Waals surface area (Å²) in [5.74, 6) is 6.18. The van der Waals surface area contributed by atoms with Gasteiger partial charge in [0.15, 0.2) is 0 Å². The smallest absolute Gasteiger partial charge is 0.0808 e. The third kappa shape index (κ3) is 2.16. The van der Waals surface area contributed by atoms with Gasteiger partial charge in [-0.25, -0.2) is 0 Å². The molecule has 0 aromatic carbocycles. The normalized spacial score (nSPS) is 19.4. The molecule has 2 atom stereocenters. The molecule has 1 aromatic rings. The SMILES string of the molecule is COC(C1CC1)C(NN)c1cnccc1N. The van der Waals surface area contributed by atoms with Crippen molar-refractivity contribution in [3.8, 4) is 0 Å². The highest BCUT2D eigenvalue weighted by molar-refractivity contribution is 5.46. The minimum atomic E-state index is -0.0915. The molecule has 5 N–H and O–H groups in total. The lowest BCUT2D eigenvalue weighted by Crippen LogP contribution is -2.39. The Labute approximate surface area is 95.1 Å². The zero-order valence-corrected chi connectivity index (χ0v) is 9.39. The van der Waals surface area contributed by atoms with E-state index in [4.69, 9.17) is 16.3 Å². The zero-order chi connectivity index (χ0) is 11.5. The van der Waals surface area contributed by atoms with Crippen LogP contribution in [0.15, 0.2) is 18.5 Å². The molecule has 1 saturated carbocycles. The van der Waals surface area contributed by atoms with E-state index >= 15 is 0 Å². The highest BCUT2D eigenvalue weighted by atomic mass is 16.5. The number of nitrogens with zero attached hydrogens (tertiary/aromatic N) is 1. The maximum absolute atomic E-state index is 5.92. The first kappa shape index (κ1) is 11.3. The molecule has 5 nitrogen and oxygen atoms in total. The van der Waals surface area contributed by atoms with Crippen LogP contribution in [0.3, 0.4) is 0 Å². The predicted octanol–water partition coefficient (Wildman–Crippen LogP) is 0.593. The van der Waals surface area contributed by atoms with E-state index in [0.29, 0.717) is 11.6 Å². The number of rotatable bonds is 5. The van der Waals surface area contributed by atoms with E-state index < -0.39 is 0 Å². The van der Waals surface area contributed by atoms with Crippen molar-refractivity contribution in [1.29, 1.82) is 0 Å². The summed E-state index contributed by atoms with van der Waals surface area (Å²) in [6.45, 7) is 0. The van der Waals surface area contributed by atoms with E-state index in [1.807, 2.05) is 0 Å². The van der Waals surface area contributed by atoms with Crippen molar-refractivity contribution in [3.05, 3.63) is 24.0 Å². The number of nitrogens with one attached hydrogen (secondary N) is 1. The van der Waals surface area contributed by atoms with Crippen molar-refractivity contribution in [2.75, 3.05) is 12.8 Å². The summed E-state index contributed by atoms with van der Waals surface area (Å²) < 4.78 is 5.51. The van der Waals surface area contributed by atoms with Crippen molar-refractivity contribution < 1.29 is 4.74 Å². The summed E-state index contributed by atoms with van der Waals surface area (Å²) in [6, 6.07) is 1.69. The number of pyridine rings is 1. The highest BCUT2D eigenvalue weighted by Gasteiger charge is 2.37. The number of hydrogen-bond donors (Lipinski definition) is 3. The van der Waals surface area contributed by atoms with Gasteiger partial charge in [0.25, 0.3) is 0 Å². The summed E-state index contributed by atoms with van der Waals surface area (Å²) >= 11 is 0. The van der Waals surface area contributed by atoms with E-state index in [2.05, 4.69) is 10.4 Å². The number of hydrogen-bond acceptors (Lipinski definition) is 5. The van der Waals surface area contributed by atoms with Crippen LogP contribution in [0.25, 0.3) is 0 Å². The monoisotopic (exact) mass is 222 g/mol. The average molecular weight is 222 g/mol. The van der Waals surface area contributed by atoms with Crippen molar-refractivity contribution >= 4 is 5.69 Å². The van der Waals surface area contributed by atoms with E-state index in [1.54, 1.807) is 25.6 Å². The zero-order valence-electron chi connectivity index (χ0n) is 9.39. The number of nitrogen functional groups attached to an aromatic ring is 1. The minimum Gasteiger partial charge on any atom is -0.398 e. The third-order valence-corrected chi connectivity index (χ3v) is 3.09. The molecule has 0 bridgehead atoms. The van der Waals surface area contributed by atoms with Crippen LogP contribution < -0.4 is 17.0 Å². The largest absolute Gasteiger partial charge is 0.398 e. The minimum absolute atomic E-state index is 0.0662. The molecule has 2 unspecified atom stereocenters. The molecule has 5 heteroatoms. The second-order valence-corrected chi connectivity index (χ2v) is 4.19. The molecular formula is C11H18N4O. The summed E-state index contributed by atoms with van der Waals surface area (Å²) in [7, 11) is 1.71. The van der Waals surface area contributed by atoms with Gasteiger partial charge < -0.3 is 10.5 Å². The maximum Gasteiger partial charge on any atom is 0.0808 e. The van der Waals surface area contributed by atoms with Crippen LogP contribution in [0, 0.1) is 5.92 Å². The molecule has 0 amide bonds. The van der Waals surface area contributed by atoms with E-state index in [1.165, 1.54) is 12.8 Å². The lowest BCUT2D eigenvalue weighted by Gasteiger charge is -2.26. The quantitative estimate of drug-likeness (QED) is 0.501. The molecule has 1 aromatic heterocycles. The van der Waals surface area contributed by atoms with Crippen LogP contribution in [-0.2, 0) is 4.74 Å². The maximum atomic E-state index is 5.92. The Kier molecular flexibility index (Phi) is 3.38. The Morgan fingerprint density at radius 2 is 2.31 bits per heavy atom. The topological polar surface area (TPSA) is 86.2 Å². The van der Waals surface area contributed by atoms with Gasteiger partial charge in [-0.15, -0.1) is 0 Å². The van der Waals surface area contributed by atoms with Crippen LogP contribution in [0.1, 0.15) is 24.4 Å². The van der Waals surface area contributed by atoms with Crippen LogP contribution in [0.5, 0.6) is 0 Å². The van der Waals surface area contributed by atoms with Gasteiger partial charge in [0, 0.05) is 30.8 Å². The first-order valence-corrected chi connectivity index (χ1v) is 5.46. The fourth-order valence-corrected chi connectivity index (χ4v) is 2.06. The Bertz CT molecular complexity index is 354. The fraction of sp³-hybridized carbons (Fsp3) is 0.545. The second kappa shape index (κ2) is 4.78. The molecule has 1 heterocycles. The van der Waals surface area contributed by atoms with Gasteiger partial charge in [0.2, 0.25) is 0 Å². The summed E-state index contributed by atoms with van der Waals surface area (Å²) in [6.07, 6.45) is 5.87. The van der Waals surface area contributed by atoms with Crippen molar-refractivity contribution in [3.63, 3.8) is 0 Å². The molecule has 0 saturated heterocycles. The van der Waals surface area contributed by atoms with Gasteiger partial charge in [0.05, 0.1) is 12.1 Å². The number of ether oxygens (including phenoxy) is 1. The third-order valence-electron chi connectivity index (χ3n) is 3.09. The lowest BCUT2D eigenvalue weighted by molar-refractivity contribution is 0.0508. The molecule has 0 aliphatic heterocycles. The van der Waals surface area contributed by atoms with Crippen molar-refractivity contribution in [1.82, 2.24) is 10.4 Å². The molecule has 0 radical (unpaired) electrons. The molecule has 0 spiro atoms. The standard InChI is InChI=1S/C11H18N4O/c1-16-11(7-2-3-7)10(15-13)8-6-14-5-4-9(8)12/h4-7,10-11,15H,2-3,13H2,1H3,(H2,12,14). The first-order valence-electron chi connectivity index (χ1n) is 5.46. The Hall–Kier alpha value is -1.17. The van der Waals surface area contributed by atoms with Gasteiger partial charge >= 0.3 is 0 Å². The van der Waals surface area contributed by atoms with Crippen molar-refractivity contribution in [2.24, 2.45) is 11.8 Å². The molecule has 2 rings (SSSR count). The van der Waals surface area contributed by atoms with E-state index in [9.17, 15) is 0 Å². The number of aromatic nitrogens is 1. The van der Waals surface area contributed by atoms with Crippen LogP contribution in [-0.4, -0.2) is 18.2 Å². The van der Waals surface area contributed by atoms with Crippen LogP contribution in [0.2, 0.25) is 0 Å². The fourth-order valence-electron chi connectivity index (χ4n) is 2.06. The Morgan fingerprint density at radius 1 is 1.56 bits per heavy atom. The number of methoxy groups -OCH3 is 1. The highest BCUT2D eigenvalue weighted by Crippen LogP contribution is 2.40. The van der Waals surface area contributed by atoms with Gasteiger partial charge in [-0.3, -0.25) is 16.3 Å². The van der Waals surface area contributed by atoms with Gasteiger partial charge in [-0.1, -0.05) is 0 Å². The second-order valence-electron chi connectivity index (χ2n) is 4.19. The molecule has 88 valence electrons. The van der Waals surface area contributed by atoms with Gasteiger partial charge in [-0.05, 0) is 24.8 Å². The number of anilines is 1. The molecule has 16 heavy (non-hydrogen) atoms. The number of hydrazine groups is 1. The Balaban J connectivity index is 2.23. The van der Waals surface area contributed by atoms with Gasteiger partial charge in [-0.2, -0.15) is 0 Å². The van der Waals surface area contributed by atoms with Crippen molar-refractivity contribution in [2.45, 2.75) is 25.0 Å². The summed E-state index contributed by atoms with van der Waals surface area (Å²) in [5.41, 5.74) is 10.3. The van der Waals surface area contributed by atoms with Gasteiger partial charge in [0.1, 0.15) is 0 Å². The lowest BCUT2D eigenvalue weighted by atomic mass is 9.99. The number of nitrogens with two attached hydrogens (primary N) is 2. The van der Waals surface area contributed by atoms with Crippen LogP contribution in [0.4, 0.5) is 5.69 Å². The summed E-state index contributed by atoms with van der Waals surface area (Å²) in [5, 5.41) is 0. The Morgan fingerprint density at radius 3 is 2.81 bits per heavy atom. The van der Waals surface area contributed by atoms with Crippen LogP contribution >= 0.6 is 0 Å². The van der Waals surface area contributed by atoms with E-state index in [-0.39, 0.29) is 12.1 Å². The summed E-state index contributed by atoms with van der Waals surface area (Å²) in [4.78, 5) is 4.08. The molecule has 1 aliphatic carbocycles. The molecule has 1 aliphatic rings.